The van der Waals surface area contributed by atoms with E-state index in [9.17, 15) is 0 Å². The highest BCUT2D eigenvalue weighted by Gasteiger charge is 2.13. The Kier molecular flexibility index (Phi) is 11.0. The Labute approximate surface area is 104 Å². The van der Waals surface area contributed by atoms with Crippen LogP contribution in [0.15, 0.2) is 12.2 Å². The monoisotopic (exact) mass is 224 g/mol. The molecule has 0 saturated carbocycles. The van der Waals surface area contributed by atoms with Crippen LogP contribution in [0.1, 0.15) is 79.1 Å². The van der Waals surface area contributed by atoms with Gasteiger partial charge in [0.05, 0.1) is 0 Å². The third-order valence-electron chi connectivity index (χ3n) is 3.75. The van der Waals surface area contributed by atoms with E-state index in [2.05, 4.69) is 39.8 Å². The lowest BCUT2D eigenvalue weighted by molar-refractivity contribution is 0.316. The Balaban J connectivity index is 3.64. The number of hydrogen-bond donors (Lipinski definition) is 0. The van der Waals surface area contributed by atoms with E-state index in [0.717, 1.165) is 11.8 Å². The number of hydrogen-bond acceptors (Lipinski definition) is 0. The van der Waals surface area contributed by atoms with Crippen molar-refractivity contribution in [1.29, 1.82) is 0 Å². The average Bonchev–Trinajstić information content (AvgIpc) is 2.31. The van der Waals surface area contributed by atoms with Crippen molar-refractivity contribution >= 4 is 0 Å². The van der Waals surface area contributed by atoms with E-state index in [0.29, 0.717) is 0 Å². The predicted octanol–water partition coefficient (Wildman–Crippen LogP) is 5.98. The third-order valence-corrected chi connectivity index (χ3v) is 3.75. The smallest absolute Gasteiger partial charge is 0.0322 e. The minimum atomic E-state index is 0.868. The molecule has 0 nitrogen and oxygen atoms in total. The van der Waals surface area contributed by atoms with Crippen LogP contribution in [0.25, 0.3) is 0 Å². The Morgan fingerprint density at radius 1 is 1.00 bits per heavy atom. The molecule has 0 aliphatic rings. The summed E-state index contributed by atoms with van der Waals surface area (Å²) in [6, 6.07) is 0. The highest BCUT2D eigenvalue weighted by molar-refractivity contribution is 4.81. The maximum atomic E-state index is 2.42. The molecule has 2 atom stereocenters. The molecule has 0 aromatic carbocycles. The summed E-state index contributed by atoms with van der Waals surface area (Å²) in [5, 5.41) is 0. The van der Waals surface area contributed by atoms with Crippen LogP contribution in [0.2, 0.25) is 0 Å². The number of unbranched alkanes of at least 4 members (excludes halogenated alkanes) is 4. The van der Waals surface area contributed by atoms with Gasteiger partial charge in [-0.2, -0.15) is 0 Å². The van der Waals surface area contributed by atoms with Gasteiger partial charge in [-0.05, 0) is 25.2 Å². The van der Waals surface area contributed by atoms with Crippen molar-refractivity contribution in [3.05, 3.63) is 12.2 Å². The Morgan fingerprint density at radius 2 is 1.69 bits per heavy atom. The van der Waals surface area contributed by atoms with E-state index in [1.807, 2.05) is 0 Å². The molecule has 0 spiro atoms. The van der Waals surface area contributed by atoms with Gasteiger partial charge in [-0.25, -0.2) is 0 Å². The van der Waals surface area contributed by atoms with Gasteiger partial charge in [0.1, 0.15) is 0 Å². The lowest BCUT2D eigenvalue weighted by atomic mass is 9.85. The molecule has 0 rings (SSSR count). The van der Waals surface area contributed by atoms with Crippen molar-refractivity contribution in [1.82, 2.24) is 0 Å². The highest BCUT2D eigenvalue weighted by Crippen LogP contribution is 2.25. The molecule has 0 heteroatoms. The quantitative estimate of drug-likeness (QED) is 0.316. The molecule has 16 heavy (non-hydrogen) atoms. The fraction of sp³-hybridized carbons (Fsp3) is 0.875. The predicted molar refractivity (Wildman–Crippen MR) is 75.8 cm³/mol. The summed E-state index contributed by atoms with van der Waals surface area (Å²) < 4.78 is 0. The van der Waals surface area contributed by atoms with Crippen LogP contribution in [0.4, 0.5) is 0 Å². The van der Waals surface area contributed by atoms with E-state index in [1.165, 1.54) is 51.4 Å². The molecule has 0 bridgehead atoms. The zero-order chi connectivity index (χ0) is 12.2. The van der Waals surface area contributed by atoms with Gasteiger partial charge in [-0.1, -0.05) is 77.9 Å². The van der Waals surface area contributed by atoms with Gasteiger partial charge >= 0.3 is 0 Å². The molecule has 0 N–H and O–H groups in total. The zero-order valence-corrected chi connectivity index (χ0v) is 12.0. The molecular weight excluding hydrogens is 192 g/mol. The molecular formula is C16H32. The van der Waals surface area contributed by atoms with Gasteiger partial charge in [0.25, 0.3) is 0 Å². The second kappa shape index (κ2) is 11.2. The second-order valence-electron chi connectivity index (χ2n) is 5.15. The van der Waals surface area contributed by atoms with Crippen molar-refractivity contribution in [3.63, 3.8) is 0 Å². The second-order valence-corrected chi connectivity index (χ2v) is 5.15. The summed E-state index contributed by atoms with van der Waals surface area (Å²) in [6.45, 7) is 9.18. The van der Waals surface area contributed by atoms with Crippen molar-refractivity contribution in [3.8, 4) is 0 Å². The van der Waals surface area contributed by atoms with Crippen LogP contribution in [-0.2, 0) is 0 Å². The summed E-state index contributed by atoms with van der Waals surface area (Å²) >= 11 is 0. The van der Waals surface area contributed by atoms with Crippen LogP contribution in [0.5, 0.6) is 0 Å². The summed E-state index contributed by atoms with van der Waals surface area (Å²) in [4.78, 5) is 0. The lowest BCUT2D eigenvalue weighted by Gasteiger charge is -2.21. The number of rotatable bonds is 10. The first-order chi connectivity index (χ1) is 7.76. The number of allylic oxidation sites excluding steroid dienone is 2. The largest absolute Gasteiger partial charge is 0.0917 e. The molecule has 0 heterocycles. The van der Waals surface area contributed by atoms with Crippen LogP contribution in [0.3, 0.4) is 0 Å². The Morgan fingerprint density at radius 3 is 2.25 bits per heavy atom. The van der Waals surface area contributed by atoms with Gasteiger partial charge in [0, 0.05) is 0 Å². The van der Waals surface area contributed by atoms with Gasteiger partial charge in [-0.3, -0.25) is 0 Å². The first-order valence-corrected chi connectivity index (χ1v) is 7.37. The minimum Gasteiger partial charge on any atom is -0.0917 e. The molecule has 0 aromatic rings. The normalized spacial score (nSPS) is 15.5. The summed E-state index contributed by atoms with van der Waals surface area (Å²) in [6.07, 6.45) is 15.7. The Hall–Kier alpha value is -0.260. The highest BCUT2D eigenvalue weighted by atomic mass is 14.2. The third kappa shape index (κ3) is 7.96. The first-order valence-electron chi connectivity index (χ1n) is 7.37. The van der Waals surface area contributed by atoms with E-state index in [4.69, 9.17) is 0 Å². The molecule has 0 aliphatic heterocycles. The minimum absolute atomic E-state index is 0.868. The summed E-state index contributed by atoms with van der Waals surface area (Å²) in [5.41, 5.74) is 0. The molecule has 0 aliphatic carbocycles. The van der Waals surface area contributed by atoms with Crippen LogP contribution in [-0.4, -0.2) is 0 Å². The molecule has 0 aromatic heterocycles. The Bertz CT molecular complexity index is 157. The van der Waals surface area contributed by atoms with Gasteiger partial charge in [0.2, 0.25) is 0 Å². The van der Waals surface area contributed by atoms with Crippen LogP contribution < -0.4 is 0 Å². The maximum absolute atomic E-state index is 2.42. The fourth-order valence-corrected chi connectivity index (χ4v) is 2.44. The van der Waals surface area contributed by atoms with Crippen LogP contribution in [0, 0.1) is 11.8 Å². The van der Waals surface area contributed by atoms with Crippen LogP contribution >= 0.6 is 0 Å². The van der Waals surface area contributed by atoms with E-state index >= 15 is 0 Å². The van der Waals surface area contributed by atoms with Crippen molar-refractivity contribution < 1.29 is 0 Å². The molecule has 2 unspecified atom stereocenters. The lowest BCUT2D eigenvalue weighted by Crippen LogP contribution is -2.10. The molecule has 0 amide bonds. The maximum Gasteiger partial charge on any atom is -0.0322 e. The summed E-state index contributed by atoms with van der Waals surface area (Å²) in [5.74, 6) is 1.81. The molecule has 0 fully saturated rings. The standard InChI is InChI=1S/C16H32/c1-5-8-10-11-12-14-16(7-3)15(4)13-9-6-2/h6,9,15-16H,5,7-8,10-14H2,1-4H3. The molecule has 0 radical (unpaired) electrons. The summed E-state index contributed by atoms with van der Waals surface area (Å²) in [7, 11) is 0. The van der Waals surface area contributed by atoms with E-state index in [1.54, 1.807) is 0 Å². The zero-order valence-electron chi connectivity index (χ0n) is 12.0. The van der Waals surface area contributed by atoms with Crippen molar-refractivity contribution in [2.75, 3.05) is 0 Å². The first kappa shape index (κ1) is 15.7. The van der Waals surface area contributed by atoms with E-state index < -0.39 is 0 Å². The average molecular weight is 224 g/mol. The van der Waals surface area contributed by atoms with Gasteiger partial charge in [-0.15, -0.1) is 0 Å². The van der Waals surface area contributed by atoms with Gasteiger partial charge in [0.15, 0.2) is 0 Å². The molecule has 96 valence electrons. The van der Waals surface area contributed by atoms with Crippen molar-refractivity contribution in [2.24, 2.45) is 11.8 Å². The van der Waals surface area contributed by atoms with E-state index in [-0.39, 0.29) is 0 Å². The SMILES string of the molecule is CC=CCC(C)C(CC)CCCCCCC. The topological polar surface area (TPSA) is 0 Å². The fourth-order valence-electron chi connectivity index (χ4n) is 2.44. The van der Waals surface area contributed by atoms with Crippen molar-refractivity contribution in [2.45, 2.75) is 79.1 Å². The molecule has 0 saturated heterocycles. The van der Waals surface area contributed by atoms with Gasteiger partial charge < -0.3 is 0 Å².